The molecule has 0 aliphatic carbocycles. The second kappa shape index (κ2) is 11.2. The van der Waals surface area contributed by atoms with Crippen molar-refractivity contribution in [3.8, 4) is 33.5 Å². The van der Waals surface area contributed by atoms with Crippen molar-refractivity contribution >= 4 is 30.6 Å². The van der Waals surface area contributed by atoms with Gasteiger partial charge in [0.05, 0.1) is 26.9 Å². The summed E-state index contributed by atoms with van der Waals surface area (Å²) >= 11 is 0. The number of rotatable bonds is 7. The van der Waals surface area contributed by atoms with Gasteiger partial charge in [-0.25, -0.2) is 16.8 Å². The van der Waals surface area contributed by atoms with E-state index in [2.05, 4.69) is 9.97 Å². The van der Waals surface area contributed by atoms with Crippen LogP contribution < -0.4 is 0 Å². The van der Waals surface area contributed by atoms with Crippen molar-refractivity contribution in [3.63, 3.8) is 0 Å². The van der Waals surface area contributed by atoms with Gasteiger partial charge in [-0.15, -0.1) is 0 Å². The Morgan fingerprint density at radius 2 is 1.47 bits per heavy atom. The van der Waals surface area contributed by atoms with Crippen molar-refractivity contribution in [1.82, 2.24) is 9.97 Å². The molecule has 1 atom stereocenters. The van der Waals surface area contributed by atoms with Crippen molar-refractivity contribution in [3.05, 3.63) is 102 Å². The van der Waals surface area contributed by atoms with Gasteiger partial charge in [-0.3, -0.25) is 9.97 Å². The van der Waals surface area contributed by atoms with Crippen LogP contribution in [0.4, 0.5) is 13.2 Å². The first-order chi connectivity index (χ1) is 20.1. The van der Waals surface area contributed by atoms with Crippen LogP contribution in [-0.4, -0.2) is 44.6 Å². The SMILES string of the molecule is CC(Cc1cc(-c2cccc(-c3ncc(C(F)(F)F)cc3-c3ccc(S(C)(=O)=O)cc3)c2)c2ncccc2c1)S(C)(=O)=O. The van der Waals surface area contributed by atoms with Gasteiger partial charge in [0.15, 0.2) is 9.84 Å². The van der Waals surface area contributed by atoms with Gasteiger partial charge in [0.1, 0.15) is 9.84 Å². The third-order valence-corrected chi connectivity index (χ3v) is 10.0. The minimum absolute atomic E-state index is 0.0455. The van der Waals surface area contributed by atoms with Crippen LogP contribution in [0, 0.1) is 0 Å². The van der Waals surface area contributed by atoms with Crippen molar-refractivity contribution in [2.45, 2.75) is 29.7 Å². The Balaban J connectivity index is 1.67. The average Bonchev–Trinajstić information content (AvgIpc) is 2.95. The molecule has 0 N–H and O–H groups in total. The second-order valence-corrected chi connectivity index (χ2v) is 15.0. The van der Waals surface area contributed by atoms with Gasteiger partial charge >= 0.3 is 6.18 Å². The van der Waals surface area contributed by atoms with Crippen molar-refractivity contribution in [1.29, 1.82) is 0 Å². The van der Waals surface area contributed by atoms with E-state index in [0.717, 1.165) is 40.6 Å². The van der Waals surface area contributed by atoms with Crippen molar-refractivity contribution in [2.75, 3.05) is 12.5 Å². The fourth-order valence-corrected chi connectivity index (χ4v) is 5.99. The zero-order chi connectivity index (χ0) is 31.2. The van der Waals surface area contributed by atoms with Crippen molar-refractivity contribution in [2.24, 2.45) is 0 Å². The molecule has 43 heavy (non-hydrogen) atoms. The Labute approximate surface area is 248 Å². The Hall–Kier alpha value is -4.09. The number of fused-ring (bicyclic) bond motifs is 1. The molecule has 0 radical (unpaired) electrons. The van der Waals surface area contributed by atoms with E-state index in [-0.39, 0.29) is 16.2 Å². The van der Waals surface area contributed by atoms with Gasteiger partial charge in [0.2, 0.25) is 0 Å². The summed E-state index contributed by atoms with van der Waals surface area (Å²) in [6.07, 6.45) is 0.353. The number of halogens is 3. The third kappa shape index (κ3) is 6.62. The molecule has 2 heterocycles. The van der Waals surface area contributed by atoms with E-state index < -0.39 is 36.7 Å². The molecular weight excluding hydrogens is 597 g/mol. The normalized spacial score (nSPS) is 13.3. The highest BCUT2D eigenvalue weighted by atomic mass is 32.2. The van der Waals surface area contributed by atoms with Crippen LogP contribution in [0.2, 0.25) is 0 Å². The van der Waals surface area contributed by atoms with Gasteiger partial charge in [0, 0.05) is 47.0 Å². The van der Waals surface area contributed by atoms with Crippen LogP contribution in [0.1, 0.15) is 18.1 Å². The Morgan fingerprint density at radius 3 is 2.12 bits per heavy atom. The first kappa shape index (κ1) is 30.4. The van der Waals surface area contributed by atoms with Crippen LogP contribution in [0.15, 0.2) is 96.2 Å². The molecular formula is C32H27F3N2O4S2. The average molecular weight is 625 g/mol. The molecule has 2 aromatic heterocycles. The summed E-state index contributed by atoms with van der Waals surface area (Å²) in [4.78, 5) is 8.82. The predicted molar refractivity (Wildman–Crippen MR) is 162 cm³/mol. The Kier molecular flexibility index (Phi) is 7.91. The van der Waals surface area contributed by atoms with E-state index in [0.29, 0.717) is 23.1 Å². The first-order valence-corrected chi connectivity index (χ1v) is 17.0. The van der Waals surface area contributed by atoms with Crippen LogP contribution >= 0.6 is 0 Å². The minimum atomic E-state index is -4.64. The van der Waals surface area contributed by atoms with E-state index >= 15 is 0 Å². The van der Waals surface area contributed by atoms with E-state index in [1.54, 1.807) is 37.4 Å². The maximum Gasteiger partial charge on any atom is 0.417 e. The molecule has 0 fully saturated rings. The Bertz CT molecular complexity index is 2060. The minimum Gasteiger partial charge on any atom is -0.256 e. The molecule has 0 aliphatic heterocycles. The fourth-order valence-electron chi connectivity index (χ4n) is 4.86. The lowest BCUT2D eigenvalue weighted by Crippen LogP contribution is -2.18. The summed E-state index contributed by atoms with van der Waals surface area (Å²) in [7, 11) is -6.77. The summed E-state index contributed by atoms with van der Waals surface area (Å²) in [5, 5.41) is 0.217. The van der Waals surface area contributed by atoms with Gasteiger partial charge in [-0.05, 0) is 72.5 Å². The number of aromatic nitrogens is 2. The highest BCUT2D eigenvalue weighted by molar-refractivity contribution is 7.91. The quantitative estimate of drug-likeness (QED) is 0.193. The van der Waals surface area contributed by atoms with E-state index in [9.17, 15) is 30.0 Å². The molecule has 0 bridgehead atoms. The lowest BCUT2D eigenvalue weighted by atomic mass is 9.93. The zero-order valence-corrected chi connectivity index (χ0v) is 25.1. The predicted octanol–water partition coefficient (Wildman–Crippen LogP) is 7.03. The highest BCUT2D eigenvalue weighted by Crippen LogP contribution is 2.38. The maximum absolute atomic E-state index is 13.7. The molecule has 222 valence electrons. The summed E-state index contributed by atoms with van der Waals surface area (Å²) in [6.45, 7) is 1.66. The topological polar surface area (TPSA) is 94.1 Å². The van der Waals surface area contributed by atoms with Gasteiger partial charge < -0.3 is 0 Å². The molecule has 0 saturated carbocycles. The molecule has 0 amide bonds. The van der Waals surface area contributed by atoms with E-state index in [1.165, 1.54) is 30.5 Å². The molecule has 1 unspecified atom stereocenters. The highest BCUT2D eigenvalue weighted by Gasteiger charge is 2.32. The van der Waals surface area contributed by atoms with E-state index in [4.69, 9.17) is 0 Å². The molecule has 6 nitrogen and oxygen atoms in total. The molecule has 0 spiro atoms. The molecule has 5 rings (SSSR count). The standard InChI is InChI=1S/C32H27F3N2O4S2/c1-20(42(2,38)39)14-21-15-24-8-5-13-36-30(24)28(16-21)23-6-4-7-25(17-23)31-29(18-26(19-37-31)32(33,34)35)22-9-11-27(12-10-22)43(3,40)41/h4-13,15-20H,14H2,1-3H3. The third-order valence-electron chi connectivity index (χ3n) is 7.27. The van der Waals surface area contributed by atoms with Gasteiger partial charge in [-0.1, -0.05) is 36.4 Å². The van der Waals surface area contributed by atoms with Crippen LogP contribution in [-0.2, 0) is 32.3 Å². The van der Waals surface area contributed by atoms with Crippen molar-refractivity contribution < 1.29 is 30.0 Å². The number of nitrogens with zero attached hydrogens (tertiary/aromatic N) is 2. The first-order valence-electron chi connectivity index (χ1n) is 13.2. The number of hydrogen-bond donors (Lipinski definition) is 0. The number of pyridine rings is 2. The maximum atomic E-state index is 13.7. The molecule has 3 aromatic carbocycles. The zero-order valence-electron chi connectivity index (χ0n) is 23.4. The second-order valence-electron chi connectivity index (χ2n) is 10.6. The summed E-state index contributed by atoms with van der Waals surface area (Å²) in [5.41, 5.74) is 3.38. The number of benzene rings is 3. The fraction of sp³-hybridized carbons (Fsp3) is 0.188. The van der Waals surface area contributed by atoms with Gasteiger partial charge in [0.25, 0.3) is 0 Å². The van der Waals surface area contributed by atoms with Crippen LogP contribution in [0.25, 0.3) is 44.4 Å². The number of alkyl halides is 3. The van der Waals surface area contributed by atoms with Crippen LogP contribution in [0.3, 0.4) is 0 Å². The molecule has 5 aromatic rings. The molecule has 11 heteroatoms. The number of sulfone groups is 2. The molecule has 0 saturated heterocycles. The van der Waals surface area contributed by atoms with Crippen LogP contribution in [0.5, 0.6) is 0 Å². The monoisotopic (exact) mass is 624 g/mol. The molecule has 0 aliphatic rings. The lowest BCUT2D eigenvalue weighted by molar-refractivity contribution is -0.137. The largest absolute Gasteiger partial charge is 0.417 e. The summed E-state index contributed by atoms with van der Waals surface area (Å²) in [6, 6.07) is 21.3. The summed E-state index contributed by atoms with van der Waals surface area (Å²) in [5.74, 6) is 0. The number of hydrogen-bond acceptors (Lipinski definition) is 6. The Morgan fingerprint density at radius 1 is 0.767 bits per heavy atom. The van der Waals surface area contributed by atoms with Gasteiger partial charge in [-0.2, -0.15) is 13.2 Å². The lowest BCUT2D eigenvalue weighted by Gasteiger charge is -2.16. The van der Waals surface area contributed by atoms with E-state index in [1.807, 2.05) is 24.3 Å². The summed E-state index contributed by atoms with van der Waals surface area (Å²) < 4.78 is 89.3. The smallest absolute Gasteiger partial charge is 0.256 e.